The van der Waals surface area contributed by atoms with Crippen molar-refractivity contribution < 1.29 is 14.3 Å². The molecule has 1 aliphatic heterocycles. The first-order valence-corrected chi connectivity index (χ1v) is 8.51. The van der Waals surface area contributed by atoms with E-state index < -0.39 is 0 Å². The molecule has 1 unspecified atom stereocenters. The topological polar surface area (TPSA) is 110 Å². The van der Waals surface area contributed by atoms with Crippen molar-refractivity contribution in [3.05, 3.63) is 42.2 Å². The van der Waals surface area contributed by atoms with Crippen LogP contribution in [0.4, 0.5) is 5.95 Å². The van der Waals surface area contributed by atoms with E-state index >= 15 is 0 Å². The molecule has 0 spiro atoms. The predicted molar refractivity (Wildman–Crippen MR) is 101 cm³/mol. The van der Waals surface area contributed by atoms with Gasteiger partial charge in [-0.1, -0.05) is 30.3 Å². The van der Waals surface area contributed by atoms with Gasteiger partial charge in [0.2, 0.25) is 17.8 Å². The highest BCUT2D eigenvalue weighted by atomic mass is 35.5. The maximum absolute atomic E-state index is 12.0. The zero-order valence-corrected chi connectivity index (χ0v) is 15.6. The van der Waals surface area contributed by atoms with Crippen molar-refractivity contribution in [3.63, 3.8) is 0 Å². The summed E-state index contributed by atoms with van der Waals surface area (Å²) in [5, 5.41) is 12.7. The largest absolute Gasteiger partial charge is 0.375 e. The lowest BCUT2D eigenvalue weighted by molar-refractivity contribution is -0.122. The van der Waals surface area contributed by atoms with Crippen LogP contribution in [0.5, 0.6) is 0 Å². The maximum Gasteiger partial charge on any atom is 0.248 e. The van der Waals surface area contributed by atoms with Crippen LogP contribution < -0.4 is 16.0 Å². The van der Waals surface area contributed by atoms with E-state index in [0.717, 1.165) is 12.1 Å². The van der Waals surface area contributed by atoms with Gasteiger partial charge in [0.15, 0.2) is 0 Å². The Hall–Kier alpha value is -2.49. The molecule has 2 heterocycles. The van der Waals surface area contributed by atoms with Gasteiger partial charge in [0, 0.05) is 19.6 Å². The minimum absolute atomic E-state index is 0. The van der Waals surface area contributed by atoms with Crippen molar-refractivity contribution in [1.29, 1.82) is 0 Å². The Morgan fingerprint density at radius 1 is 1.26 bits per heavy atom. The molecule has 0 saturated carbocycles. The molecule has 0 bridgehead atoms. The van der Waals surface area contributed by atoms with Crippen LogP contribution in [0.2, 0.25) is 0 Å². The molecule has 3 N–H and O–H groups in total. The van der Waals surface area contributed by atoms with E-state index in [4.69, 9.17) is 4.74 Å². The van der Waals surface area contributed by atoms with Crippen LogP contribution in [0.1, 0.15) is 12.0 Å². The lowest BCUT2D eigenvalue weighted by Crippen LogP contribution is -2.40. The van der Waals surface area contributed by atoms with E-state index in [1.807, 2.05) is 30.3 Å². The Morgan fingerprint density at radius 2 is 2.07 bits per heavy atom. The van der Waals surface area contributed by atoms with Crippen molar-refractivity contribution in [2.75, 3.05) is 25.0 Å². The number of carbonyl (C=O) groups excluding carboxylic acids is 2. The maximum atomic E-state index is 12.0. The number of ether oxygens (including phenoxy) is 1. The van der Waals surface area contributed by atoms with Crippen molar-refractivity contribution in [2.45, 2.75) is 25.6 Å². The van der Waals surface area contributed by atoms with E-state index in [1.54, 1.807) is 0 Å². The van der Waals surface area contributed by atoms with E-state index in [2.05, 4.69) is 26.0 Å². The lowest BCUT2D eigenvalue weighted by Gasteiger charge is -2.22. The molecular weight excluding hydrogens is 372 g/mol. The van der Waals surface area contributed by atoms with E-state index in [-0.39, 0.29) is 49.2 Å². The molecule has 146 valence electrons. The van der Waals surface area contributed by atoms with Crippen molar-refractivity contribution in [2.24, 2.45) is 0 Å². The summed E-state index contributed by atoms with van der Waals surface area (Å²) in [6.45, 7) is 2.54. The third-order valence-corrected chi connectivity index (χ3v) is 3.84. The zero-order chi connectivity index (χ0) is 18.2. The zero-order valence-electron chi connectivity index (χ0n) is 14.8. The molecule has 27 heavy (non-hydrogen) atoms. The van der Waals surface area contributed by atoms with Crippen molar-refractivity contribution in [3.8, 4) is 0 Å². The Kier molecular flexibility index (Phi) is 8.18. The molecule has 1 aliphatic rings. The molecular formula is C17H23ClN6O3. The molecule has 0 radical (unpaired) electrons. The minimum Gasteiger partial charge on any atom is -0.375 e. The number of carbonyl (C=O) groups is 2. The Bertz CT molecular complexity index is 733. The van der Waals surface area contributed by atoms with Gasteiger partial charge in [0.05, 0.1) is 19.1 Å². The molecule has 2 aromatic rings. The van der Waals surface area contributed by atoms with Gasteiger partial charge in [0.1, 0.15) is 12.9 Å². The molecule has 1 fully saturated rings. The van der Waals surface area contributed by atoms with Crippen LogP contribution >= 0.6 is 12.4 Å². The fourth-order valence-electron chi connectivity index (χ4n) is 2.56. The third-order valence-electron chi connectivity index (χ3n) is 3.84. The van der Waals surface area contributed by atoms with Crippen molar-refractivity contribution in [1.82, 2.24) is 25.4 Å². The van der Waals surface area contributed by atoms with Crippen LogP contribution in [-0.2, 0) is 27.4 Å². The fraction of sp³-hybridized carbons (Fsp3) is 0.412. The van der Waals surface area contributed by atoms with E-state index in [1.165, 1.54) is 11.0 Å². The van der Waals surface area contributed by atoms with Gasteiger partial charge in [-0.2, -0.15) is 0 Å². The third kappa shape index (κ3) is 6.97. The summed E-state index contributed by atoms with van der Waals surface area (Å²) in [6, 6.07) is 9.64. The summed E-state index contributed by atoms with van der Waals surface area (Å²) < 4.78 is 6.87. The average molecular weight is 395 g/mol. The first-order chi connectivity index (χ1) is 12.7. The second kappa shape index (κ2) is 10.6. The minimum atomic E-state index is -0.218. The molecule has 0 aliphatic carbocycles. The standard InChI is InChI=1S/C17H22N6O3.ClH/c24-15(8-14-10-18-6-7-26-14)21-17-20-12-23(22-17)11-16(25)19-9-13-4-2-1-3-5-13;/h1-5,12,14,18H,6-11H2,(H,19,25)(H,21,22,24);1H. The Balaban J connectivity index is 0.00000261. The van der Waals surface area contributed by atoms with E-state index in [0.29, 0.717) is 19.7 Å². The highest BCUT2D eigenvalue weighted by molar-refractivity contribution is 5.89. The van der Waals surface area contributed by atoms with Crippen LogP contribution in [0.25, 0.3) is 0 Å². The summed E-state index contributed by atoms with van der Waals surface area (Å²) in [5.74, 6) is -0.224. The number of hydrogen-bond donors (Lipinski definition) is 3. The van der Waals surface area contributed by atoms with Gasteiger partial charge in [-0.15, -0.1) is 17.5 Å². The average Bonchev–Trinajstić information content (AvgIpc) is 3.08. The van der Waals surface area contributed by atoms with Gasteiger partial charge >= 0.3 is 0 Å². The van der Waals surface area contributed by atoms with E-state index in [9.17, 15) is 9.59 Å². The van der Waals surface area contributed by atoms with Gasteiger partial charge in [-0.25, -0.2) is 9.67 Å². The van der Waals surface area contributed by atoms with Crippen molar-refractivity contribution >= 4 is 30.2 Å². The molecule has 1 aromatic heterocycles. The number of aromatic nitrogens is 3. The number of amides is 2. The second-order valence-electron chi connectivity index (χ2n) is 5.98. The van der Waals surface area contributed by atoms with Gasteiger partial charge in [-0.05, 0) is 5.56 Å². The summed E-state index contributed by atoms with van der Waals surface area (Å²) in [4.78, 5) is 28.0. The van der Waals surface area contributed by atoms with Crippen LogP contribution in [0.15, 0.2) is 36.7 Å². The Labute approximate surface area is 163 Å². The molecule has 1 saturated heterocycles. The second-order valence-corrected chi connectivity index (χ2v) is 5.98. The number of morpholine rings is 1. The molecule has 10 heteroatoms. The quantitative estimate of drug-likeness (QED) is 0.624. The number of halogens is 1. The summed E-state index contributed by atoms with van der Waals surface area (Å²) in [5.41, 5.74) is 1.02. The molecule has 9 nitrogen and oxygen atoms in total. The number of rotatable bonds is 7. The van der Waals surface area contributed by atoms with Gasteiger partial charge < -0.3 is 15.4 Å². The highest BCUT2D eigenvalue weighted by Crippen LogP contribution is 2.04. The summed E-state index contributed by atoms with van der Waals surface area (Å²) in [7, 11) is 0. The first kappa shape index (κ1) is 20.8. The first-order valence-electron chi connectivity index (χ1n) is 8.51. The summed E-state index contributed by atoms with van der Waals surface area (Å²) in [6.07, 6.45) is 1.50. The number of nitrogens with zero attached hydrogens (tertiary/aromatic N) is 3. The molecule has 2 amide bonds. The number of nitrogens with one attached hydrogen (secondary N) is 3. The normalized spacial score (nSPS) is 16.2. The van der Waals surface area contributed by atoms with Crippen LogP contribution in [0.3, 0.4) is 0 Å². The predicted octanol–water partition coefficient (Wildman–Crippen LogP) is 0.333. The van der Waals surface area contributed by atoms with Gasteiger partial charge in [0.25, 0.3) is 0 Å². The van der Waals surface area contributed by atoms with Gasteiger partial charge in [-0.3, -0.25) is 14.9 Å². The highest BCUT2D eigenvalue weighted by Gasteiger charge is 2.18. The monoisotopic (exact) mass is 394 g/mol. The summed E-state index contributed by atoms with van der Waals surface area (Å²) >= 11 is 0. The lowest BCUT2D eigenvalue weighted by atomic mass is 10.2. The SMILES string of the molecule is Cl.O=C(Cn1cnc(NC(=O)CC2CNCCO2)n1)NCc1ccccc1. The smallest absolute Gasteiger partial charge is 0.248 e. The number of hydrogen-bond acceptors (Lipinski definition) is 6. The number of benzene rings is 1. The number of anilines is 1. The molecule has 1 aromatic carbocycles. The Morgan fingerprint density at radius 3 is 2.81 bits per heavy atom. The van der Waals surface area contributed by atoms with Crippen LogP contribution in [-0.4, -0.2) is 52.4 Å². The fourth-order valence-corrected chi connectivity index (χ4v) is 2.56. The molecule has 3 rings (SSSR count). The van der Waals surface area contributed by atoms with Crippen LogP contribution in [0, 0.1) is 0 Å². The molecule has 1 atom stereocenters.